The molecule has 1 unspecified atom stereocenters. The predicted molar refractivity (Wildman–Crippen MR) is 79.3 cm³/mol. The number of rotatable bonds is 5. The average molecular weight is 278 g/mol. The number of benzene rings is 1. The zero-order valence-electron chi connectivity index (χ0n) is 12.3. The molecule has 1 aromatic carbocycles. The third kappa shape index (κ3) is 3.03. The van der Waals surface area contributed by atoms with Gasteiger partial charge in [0.2, 0.25) is 0 Å². The van der Waals surface area contributed by atoms with Crippen molar-refractivity contribution in [2.75, 3.05) is 11.9 Å². The van der Waals surface area contributed by atoms with E-state index in [1.807, 2.05) is 6.92 Å². The number of nitrogens with zero attached hydrogens (tertiary/aromatic N) is 1. The summed E-state index contributed by atoms with van der Waals surface area (Å²) in [6, 6.07) is 5.30. The van der Waals surface area contributed by atoms with E-state index in [1.54, 1.807) is 12.1 Å². The molecule has 1 aliphatic carbocycles. The second-order valence-corrected chi connectivity index (χ2v) is 5.95. The first-order valence-corrected chi connectivity index (χ1v) is 7.12. The standard InChI is InChI=1S/C15H22N2O3/c1-4-20-11-7-8-12(13(10-11)17(18)19)16-14-6-5-9-15(14,2)3/h7-8,10,14,16H,4-6,9H2,1-3H3. The van der Waals surface area contributed by atoms with E-state index in [0.29, 0.717) is 18.0 Å². The van der Waals surface area contributed by atoms with Crippen LogP contribution in [0.3, 0.4) is 0 Å². The van der Waals surface area contributed by atoms with Gasteiger partial charge in [-0.15, -0.1) is 0 Å². The van der Waals surface area contributed by atoms with Crippen LogP contribution in [0.25, 0.3) is 0 Å². The lowest BCUT2D eigenvalue weighted by molar-refractivity contribution is -0.384. The molecule has 1 fully saturated rings. The molecule has 110 valence electrons. The first-order valence-electron chi connectivity index (χ1n) is 7.12. The molecule has 0 aliphatic heterocycles. The Morgan fingerprint density at radius 2 is 2.25 bits per heavy atom. The van der Waals surface area contributed by atoms with Gasteiger partial charge in [-0.3, -0.25) is 10.1 Å². The fourth-order valence-corrected chi connectivity index (χ4v) is 2.82. The van der Waals surface area contributed by atoms with E-state index in [0.717, 1.165) is 19.3 Å². The summed E-state index contributed by atoms with van der Waals surface area (Å²) < 4.78 is 5.33. The Balaban J connectivity index is 2.24. The Hall–Kier alpha value is -1.78. The summed E-state index contributed by atoms with van der Waals surface area (Å²) in [7, 11) is 0. The smallest absolute Gasteiger partial charge is 0.296 e. The van der Waals surface area contributed by atoms with E-state index >= 15 is 0 Å². The van der Waals surface area contributed by atoms with Gasteiger partial charge < -0.3 is 10.1 Å². The molecule has 2 rings (SSSR count). The summed E-state index contributed by atoms with van der Waals surface area (Å²) in [6.45, 7) is 6.77. The third-order valence-corrected chi connectivity index (χ3v) is 4.06. The molecule has 1 saturated carbocycles. The lowest BCUT2D eigenvalue weighted by atomic mass is 9.87. The Bertz CT molecular complexity index is 500. The summed E-state index contributed by atoms with van der Waals surface area (Å²) in [5, 5.41) is 14.6. The SMILES string of the molecule is CCOc1ccc(NC2CCCC2(C)C)c([N+](=O)[O-])c1. The van der Waals surface area contributed by atoms with Gasteiger partial charge in [0.25, 0.3) is 5.69 Å². The maximum absolute atomic E-state index is 11.2. The van der Waals surface area contributed by atoms with Gasteiger partial charge in [0, 0.05) is 6.04 Å². The highest BCUT2D eigenvalue weighted by Gasteiger charge is 2.35. The topological polar surface area (TPSA) is 64.4 Å². The zero-order chi connectivity index (χ0) is 14.8. The number of hydrogen-bond donors (Lipinski definition) is 1. The van der Waals surface area contributed by atoms with Gasteiger partial charge in [-0.25, -0.2) is 0 Å². The van der Waals surface area contributed by atoms with Crippen LogP contribution in [0.5, 0.6) is 5.75 Å². The lowest BCUT2D eigenvalue weighted by Gasteiger charge is -2.28. The van der Waals surface area contributed by atoms with Crippen LogP contribution in [-0.2, 0) is 0 Å². The van der Waals surface area contributed by atoms with E-state index < -0.39 is 0 Å². The molecule has 5 nitrogen and oxygen atoms in total. The molecule has 0 heterocycles. The molecule has 1 atom stereocenters. The minimum atomic E-state index is -0.354. The maximum Gasteiger partial charge on any atom is 0.296 e. The Morgan fingerprint density at radius 3 is 2.80 bits per heavy atom. The van der Waals surface area contributed by atoms with Crippen molar-refractivity contribution < 1.29 is 9.66 Å². The molecule has 1 aromatic rings. The molecule has 0 bridgehead atoms. The van der Waals surface area contributed by atoms with E-state index in [-0.39, 0.29) is 22.1 Å². The van der Waals surface area contributed by atoms with E-state index in [1.165, 1.54) is 6.07 Å². The maximum atomic E-state index is 11.2. The fourth-order valence-electron chi connectivity index (χ4n) is 2.82. The second-order valence-electron chi connectivity index (χ2n) is 5.95. The quantitative estimate of drug-likeness (QED) is 0.653. The second kappa shape index (κ2) is 5.69. The van der Waals surface area contributed by atoms with Crippen molar-refractivity contribution in [3.8, 4) is 5.75 Å². The van der Waals surface area contributed by atoms with Gasteiger partial charge in [0.1, 0.15) is 11.4 Å². The zero-order valence-corrected chi connectivity index (χ0v) is 12.3. The van der Waals surface area contributed by atoms with Crippen LogP contribution < -0.4 is 10.1 Å². The van der Waals surface area contributed by atoms with Crippen molar-refractivity contribution >= 4 is 11.4 Å². The van der Waals surface area contributed by atoms with Crippen LogP contribution in [0, 0.1) is 15.5 Å². The highest BCUT2D eigenvalue weighted by Crippen LogP contribution is 2.40. The summed E-state index contributed by atoms with van der Waals surface area (Å²) in [6.07, 6.45) is 3.36. The van der Waals surface area contributed by atoms with Crippen molar-refractivity contribution in [1.82, 2.24) is 0 Å². The van der Waals surface area contributed by atoms with Crippen LogP contribution in [0.1, 0.15) is 40.0 Å². The first kappa shape index (κ1) is 14.6. The Kier molecular flexibility index (Phi) is 4.16. The summed E-state index contributed by atoms with van der Waals surface area (Å²) >= 11 is 0. The average Bonchev–Trinajstić information content (AvgIpc) is 2.70. The number of anilines is 1. The van der Waals surface area contributed by atoms with Gasteiger partial charge in [-0.2, -0.15) is 0 Å². The Morgan fingerprint density at radius 1 is 1.50 bits per heavy atom. The van der Waals surface area contributed by atoms with Crippen LogP contribution >= 0.6 is 0 Å². The number of nitro benzene ring substituents is 1. The molecule has 1 aliphatic rings. The monoisotopic (exact) mass is 278 g/mol. The highest BCUT2D eigenvalue weighted by atomic mass is 16.6. The molecule has 0 aromatic heterocycles. The van der Waals surface area contributed by atoms with Gasteiger partial charge in [-0.1, -0.05) is 20.3 Å². The van der Waals surface area contributed by atoms with Gasteiger partial charge >= 0.3 is 0 Å². The van der Waals surface area contributed by atoms with Crippen molar-refractivity contribution in [2.24, 2.45) is 5.41 Å². The van der Waals surface area contributed by atoms with Crippen LogP contribution in [0.15, 0.2) is 18.2 Å². The van der Waals surface area contributed by atoms with Gasteiger partial charge in [-0.05, 0) is 37.3 Å². The van der Waals surface area contributed by atoms with Crippen LogP contribution in [0.2, 0.25) is 0 Å². The minimum Gasteiger partial charge on any atom is -0.494 e. The van der Waals surface area contributed by atoms with Gasteiger partial charge in [0.05, 0.1) is 17.6 Å². The number of nitrogens with one attached hydrogen (secondary N) is 1. The van der Waals surface area contributed by atoms with Crippen molar-refractivity contribution in [3.05, 3.63) is 28.3 Å². The lowest BCUT2D eigenvalue weighted by Crippen LogP contribution is -2.31. The van der Waals surface area contributed by atoms with E-state index in [2.05, 4.69) is 19.2 Å². The van der Waals surface area contributed by atoms with E-state index in [9.17, 15) is 10.1 Å². The number of nitro groups is 1. The predicted octanol–water partition coefficient (Wildman–Crippen LogP) is 3.98. The van der Waals surface area contributed by atoms with Crippen LogP contribution in [-0.4, -0.2) is 17.6 Å². The molecule has 0 amide bonds. The number of hydrogen-bond acceptors (Lipinski definition) is 4. The van der Waals surface area contributed by atoms with E-state index in [4.69, 9.17) is 4.74 Å². The largest absolute Gasteiger partial charge is 0.494 e. The molecule has 0 spiro atoms. The molecule has 20 heavy (non-hydrogen) atoms. The molecular formula is C15H22N2O3. The summed E-state index contributed by atoms with van der Waals surface area (Å²) in [4.78, 5) is 10.9. The normalized spacial score (nSPS) is 20.6. The Labute approximate surface area is 119 Å². The van der Waals surface area contributed by atoms with Crippen LogP contribution in [0.4, 0.5) is 11.4 Å². The summed E-state index contributed by atoms with van der Waals surface area (Å²) in [5.74, 6) is 0.537. The molecule has 1 N–H and O–H groups in total. The van der Waals surface area contributed by atoms with Crippen molar-refractivity contribution in [3.63, 3.8) is 0 Å². The van der Waals surface area contributed by atoms with Crippen molar-refractivity contribution in [2.45, 2.75) is 46.1 Å². The first-order chi connectivity index (χ1) is 9.44. The van der Waals surface area contributed by atoms with Gasteiger partial charge in [0.15, 0.2) is 0 Å². The molecule has 0 radical (unpaired) electrons. The highest BCUT2D eigenvalue weighted by molar-refractivity contribution is 5.64. The number of ether oxygens (including phenoxy) is 1. The third-order valence-electron chi connectivity index (χ3n) is 4.06. The fraction of sp³-hybridized carbons (Fsp3) is 0.600. The minimum absolute atomic E-state index is 0.0821. The molecule has 5 heteroatoms. The molecular weight excluding hydrogens is 256 g/mol. The summed E-state index contributed by atoms with van der Waals surface area (Å²) in [5.41, 5.74) is 0.837. The van der Waals surface area contributed by atoms with Crippen molar-refractivity contribution in [1.29, 1.82) is 0 Å². The molecule has 0 saturated heterocycles.